The average Bonchev–Trinajstić information content (AvgIpc) is 2.71. The average molecular weight is 298 g/mol. The second kappa shape index (κ2) is 4.71. The molecule has 1 amide bonds. The summed E-state index contributed by atoms with van der Waals surface area (Å²) < 4.78 is 0. The maximum atomic E-state index is 12.1. The third-order valence-corrected chi connectivity index (χ3v) is 3.83. The summed E-state index contributed by atoms with van der Waals surface area (Å²) in [5.74, 6) is -0.110. The van der Waals surface area contributed by atoms with E-state index < -0.39 is 0 Å². The Morgan fingerprint density at radius 3 is 2.79 bits per heavy atom. The normalized spacial score (nSPS) is 16.6. The largest absolute Gasteiger partial charge is 0.350 e. The Bertz CT molecular complexity index is 647. The van der Waals surface area contributed by atoms with Crippen LogP contribution in [0.3, 0.4) is 0 Å². The Morgan fingerprint density at radius 1 is 1.37 bits per heavy atom. The Hall–Kier alpha value is -1.23. The van der Waals surface area contributed by atoms with Gasteiger partial charge in [0.05, 0.1) is 11.1 Å². The number of carbonyl (C=O) groups excluding carboxylic acids is 1. The highest BCUT2D eigenvalue weighted by Gasteiger charge is 2.25. The number of nitrogens with one attached hydrogen (secondary N) is 2. The highest BCUT2D eigenvalue weighted by atomic mass is 35.5. The number of nitrogens with zero attached hydrogens (tertiary/aromatic N) is 1. The number of likely N-dealkylation sites (tertiary alicyclic amines) is 1. The molecular formula is C13H13Cl2N3O. The first kappa shape index (κ1) is 12.8. The van der Waals surface area contributed by atoms with E-state index >= 15 is 0 Å². The van der Waals surface area contributed by atoms with Gasteiger partial charge in [-0.2, -0.15) is 0 Å². The van der Waals surface area contributed by atoms with Crippen molar-refractivity contribution in [2.24, 2.45) is 0 Å². The van der Waals surface area contributed by atoms with Gasteiger partial charge in [-0.1, -0.05) is 23.2 Å². The van der Waals surface area contributed by atoms with Crippen LogP contribution in [-0.2, 0) is 0 Å². The molecule has 3 rings (SSSR count). The molecule has 0 saturated carbocycles. The summed E-state index contributed by atoms with van der Waals surface area (Å²) in [5, 5.41) is 4.87. The number of amides is 1. The zero-order chi connectivity index (χ0) is 13.6. The van der Waals surface area contributed by atoms with Crippen molar-refractivity contribution in [1.29, 1.82) is 0 Å². The summed E-state index contributed by atoms with van der Waals surface area (Å²) in [7, 11) is 2.02. The quantitative estimate of drug-likeness (QED) is 0.895. The number of H-pyrrole nitrogens is 1. The summed E-state index contributed by atoms with van der Waals surface area (Å²) in [6.45, 7) is 1.77. The minimum Gasteiger partial charge on any atom is -0.350 e. The minimum absolute atomic E-state index is 0.110. The molecule has 1 aliphatic heterocycles. The van der Waals surface area contributed by atoms with Gasteiger partial charge in [-0.15, -0.1) is 0 Å². The molecule has 1 aromatic heterocycles. The number of benzene rings is 1. The molecule has 100 valence electrons. The smallest absolute Gasteiger partial charge is 0.268 e. The molecule has 2 N–H and O–H groups in total. The number of aromatic nitrogens is 1. The van der Waals surface area contributed by atoms with E-state index in [4.69, 9.17) is 23.2 Å². The molecule has 2 heterocycles. The Morgan fingerprint density at radius 2 is 2.11 bits per heavy atom. The third-order valence-electron chi connectivity index (χ3n) is 3.30. The topological polar surface area (TPSA) is 48.1 Å². The second-order valence-electron chi connectivity index (χ2n) is 4.92. The van der Waals surface area contributed by atoms with E-state index in [0.717, 1.165) is 24.0 Å². The van der Waals surface area contributed by atoms with Crippen LogP contribution in [0.4, 0.5) is 0 Å². The number of aromatic amines is 1. The molecule has 1 aliphatic rings. The molecule has 19 heavy (non-hydrogen) atoms. The highest BCUT2D eigenvalue weighted by Crippen LogP contribution is 2.28. The van der Waals surface area contributed by atoms with Crippen molar-refractivity contribution < 1.29 is 4.79 Å². The van der Waals surface area contributed by atoms with E-state index in [2.05, 4.69) is 15.2 Å². The number of hydrogen-bond donors (Lipinski definition) is 2. The molecule has 0 aliphatic carbocycles. The van der Waals surface area contributed by atoms with Crippen LogP contribution in [0.1, 0.15) is 10.5 Å². The first-order valence-electron chi connectivity index (χ1n) is 6.00. The van der Waals surface area contributed by atoms with Crippen LogP contribution >= 0.6 is 23.2 Å². The van der Waals surface area contributed by atoms with Crippen molar-refractivity contribution >= 4 is 40.0 Å². The van der Waals surface area contributed by atoms with Crippen molar-refractivity contribution in [3.8, 4) is 0 Å². The maximum absolute atomic E-state index is 12.1. The molecule has 4 nitrogen and oxygen atoms in total. The lowest BCUT2D eigenvalue weighted by molar-refractivity contribution is 0.0853. The van der Waals surface area contributed by atoms with Crippen LogP contribution in [0.15, 0.2) is 18.2 Å². The van der Waals surface area contributed by atoms with Gasteiger partial charge in [0.25, 0.3) is 5.91 Å². The van der Waals surface area contributed by atoms with Gasteiger partial charge in [-0.05, 0) is 25.2 Å². The molecule has 1 fully saturated rings. The summed E-state index contributed by atoms with van der Waals surface area (Å²) in [4.78, 5) is 17.3. The number of rotatable bonds is 2. The molecule has 1 aromatic carbocycles. The Balaban J connectivity index is 1.84. The monoisotopic (exact) mass is 297 g/mol. The SMILES string of the molecule is CN1CC(NC(=O)c2cc3c(Cl)cc(Cl)cc3[nH]2)C1. The van der Waals surface area contributed by atoms with E-state index in [-0.39, 0.29) is 11.9 Å². The van der Waals surface area contributed by atoms with E-state index in [0.29, 0.717) is 15.7 Å². The van der Waals surface area contributed by atoms with Crippen LogP contribution in [0.2, 0.25) is 10.0 Å². The molecular weight excluding hydrogens is 285 g/mol. The van der Waals surface area contributed by atoms with Crippen molar-refractivity contribution in [2.75, 3.05) is 20.1 Å². The van der Waals surface area contributed by atoms with Crippen LogP contribution in [-0.4, -0.2) is 42.0 Å². The van der Waals surface area contributed by atoms with Gasteiger partial charge in [0.15, 0.2) is 0 Å². The van der Waals surface area contributed by atoms with Crippen molar-refractivity contribution in [1.82, 2.24) is 15.2 Å². The van der Waals surface area contributed by atoms with Gasteiger partial charge in [0.1, 0.15) is 5.69 Å². The van der Waals surface area contributed by atoms with Crippen LogP contribution in [0.25, 0.3) is 10.9 Å². The predicted molar refractivity (Wildman–Crippen MR) is 77.1 cm³/mol. The van der Waals surface area contributed by atoms with Gasteiger partial charge in [-0.3, -0.25) is 4.79 Å². The zero-order valence-corrected chi connectivity index (χ0v) is 11.8. The van der Waals surface area contributed by atoms with Gasteiger partial charge in [-0.25, -0.2) is 0 Å². The van der Waals surface area contributed by atoms with Gasteiger partial charge in [0.2, 0.25) is 0 Å². The van der Waals surface area contributed by atoms with Gasteiger partial charge >= 0.3 is 0 Å². The standard InChI is InChI=1S/C13H13Cl2N3O/c1-18-5-8(6-18)16-13(19)12-4-9-10(15)2-7(14)3-11(9)17-12/h2-4,8,17H,5-6H2,1H3,(H,16,19). The molecule has 0 bridgehead atoms. The minimum atomic E-state index is -0.110. The lowest BCUT2D eigenvalue weighted by Gasteiger charge is -2.36. The fraction of sp³-hybridized carbons (Fsp3) is 0.308. The first-order valence-corrected chi connectivity index (χ1v) is 6.75. The van der Waals surface area contributed by atoms with E-state index in [1.54, 1.807) is 18.2 Å². The van der Waals surface area contributed by atoms with E-state index in [1.165, 1.54) is 0 Å². The zero-order valence-electron chi connectivity index (χ0n) is 10.3. The number of likely N-dealkylation sites (N-methyl/N-ethyl adjacent to an activating group) is 1. The fourth-order valence-electron chi connectivity index (χ4n) is 2.34. The molecule has 0 atom stereocenters. The number of carbonyl (C=O) groups is 1. The second-order valence-corrected chi connectivity index (χ2v) is 5.77. The fourth-order valence-corrected chi connectivity index (χ4v) is 2.88. The first-order chi connectivity index (χ1) is 9.02. The van der Waals surface area contributed by atoms with Crippen molar-refractivity contribution in [2.45, 2.75) is 6.04 Å². The number of fused-ring (bicyclic) bond motifs is 1. The van der Waals surface area contributed by atoms with Crippen LogP contribution in [0.5, 0.6) is 0 Å². The summed E-state index contributed by atoms with van der Waals surface area (Å²) >= 11 is 12.0. The molecule has 0 radical (unpaired) electrons. The Kier molecular flexibility index (Phi) is 3.17. The molecule has 0 unspecified atom stereocenters. The molecule has 6 heteroatoms. The van der Waals surface area contributed by atoms with Gasteiger partial charge < -0.3 is 15.2 Å². The van der Waals surface area contributed by atoms with Crippen LogP contribution in [0, 0.1) is 0 Å². The Labute approximate surface area is 120 Å². The van der Waals surface area contributed by atoms with E-state index in [9.17, 15) is 4.79 Å². The molecule has 1 saturated heterocycles. The summed E-state index contributed by atoms with van der Waals surface area (Å²) in [5.41, 5.74) is 1.28. The maximum Gasteiger partial charge on any atom is 0.268 e. The number of halogens is 2. The van der Waals surface area contributed by atoms with Crippen molar-refractivity contribution in [3.05, 3.63) is 33.9 Å². The van der Waals surface area contributed by atoms with Gasteiger partial charge in [0, 0.05) is 29.0 Å². The lowest BCUT2D eigenvalue weighted by atomic mass is 10.1. The van der Waals surface area contributed by atoms with Crippen molar-refractivity contribution in [3.63, 3.8) is 0 Å². The van der Waals surface area contributed by atoms with E-state index in [1.807, 2.05) is 7.05 Å². The highest BCUT2D eigenvalue weighted by molar-refractivity contribution is 6.38. The third kappa shape index (κ3) is 2.43. The van der Waals surface area contributed by atoms with Crippen LogP contribution < -0.4 is 5.32 Å². The lowest BCUT2D eigenvalue weighted by Crippen LogP contribution is -2.57. The molecule has 0 spiro atoms. The summed E-state index contributed by atoms with van der Waals surface area (Å²) in [6.07, 6.45) is 0. The predicted octanol–water partition coefficient (Wildman–Crippen LogP) is 2.52. The molecule has 2 aromatic rings. The number of hydrogen-bond acceptors (Lipinski definition) is 2. The summed E-state index contributed by atoms with van der Waals surface area (Å²) in [6, 6.07) is 5.41.